The first-order valence-electron chi connectivity index (χ1n) is 4.76. The van der Waals surface area contributed by atoms with Crippen LogP contribution in [0.15, 0.2) is 30.3 Å². The fraction of sp³-hybridized carbons (Fsp3) is 0.364. The van der Waals surface area contributed by atoms with Gasteiger partial charge in [-0.2, -0.15) is 0 Å². The van der Waals surface area contributed by atoms with Crippen molar-refractivity contribution in [3.63, 3.8) is 0 Å². The van der Waals surface area contributed by atoms with E-state index in [1.165, 1.54) is 0 Å². The molecule has 0 unspecified atom stereocenters. The van der Waals surface area contributed by atoms with Crippen LogP contribution in [0.5, 0.6) is 0 Å². The molecule has 0 bridgehead atoms. The van der Waals surface area contributed by atoms with E-state index in [0.717, 1.165) is 5.56 Å². The molecule has 0 saturated carbocycles. The van der Waals surface area contributed by atoms with E-state index in [0.29, 0.717) is 0 Å². The van der Waals surface area contributed by atoms with Crippen LogP contribution in [-0.4, -0.2) is 24.5 Å². The predicted molar refractivity (Wildman–Crippen MR) is 52.2 cm³/mol. The molecule has 1 aromatic carbocycles. The van der Waals surface area contributed by atoms with Gasteiger partial charge in [-0.3, -0.25) is 4.79 Å². The Morgan fingerprint density at radius 1 is 1.33 bits per heavy atom. The first-order chi connectivity index (χ1) is 7.29. The molecule has 80 valence electrons. The monoisotopic (exact) mass is 208 g/mol. The van der Waals surface area contributed by atoms with E-state index < -0.39 is 18.0 Å². The number of ether oxygens (including phenoxy) is 2. The number of hydrogen-bond acceptors (Lipinski definition) is 3. The summed E-state index contributed by atoms with van der Waals surface area (Å²) in [7, 11) is 0. The summed E-state index contributed by atoms with van der Waals surface area (Å²) in [6, 6.07) is 9.36. The lowest BCUT2D eigenvalue weighted by atomic mass is 9.96. The van der Waals surface area contributed by atoms with Gasteiger partial charge in [0.1, 0.15) is 18.8 Å². The molecule has 1 aliphatic rings. The second kappa shape index (κ2) is 4.42. The molecule has 0 radical (unpaired) electrons. The minimum Gasteiger partial charge on any atom is -0.481 e. The van der Waals surface area contributed by atoms with Gasteiger partial charge >= 0.3 is 5.97 Å². The van der Waals surface area contributed by atoms with Gasteiger partial charge < -0.3 is 14.6 Å². The van der Waals surface area contributed by atoms with Gasteiger partial charge in [0.2, 0.25) is 0 Å². The first kappa shape index (κ1) is 10.1. The van der Waals surface area contributed by atoms with Crippen LogP contribution in [0.2, 0.25) is 0 Å². The number of carboxylic acid groups (broad SMARTS) is 1. The van der Waals surface area contributed by atoms with Gasteiger partial charge in [-0.25, -0.2) is 0 Å². The minimum atomic E-state index is -0.886. The molecule has 1 fully saturated rings. The number of aliphatic carboxylic acids is 1. The molecular formula is C11H12O4. The number of benzene rings is 1. The van der Waals surface area contributed by atoms with E-state index in [2.05, 4.69) is 0 Å². The van der Waals surface area contributed by atoms with Crippen molar-refractivity contribution in [1.29, 1.82) is 0 Å². The van der Waals surface area contributed by atoms with Crippen molar-refractivity contribution in [3.8, 4) is 0 Å². The molecule has 1 aliphatic heterocycles. The molecule has 2 atom stereocenters. The van der Waals surface area contributed by atoms with E-state index >= 15 is 0 Å². The van der Waals surface area contributed by atoms with Crippen molar-refractivity contribution in [3.05, 3.63) is 35.9 Å². The van der Waals surface area contributed by atoms with Crippen LogP contribution < -0.4 is 0 Å². The molecule has 4 nitrogen and oxygen atoms in total. The first-order valence-corrected chi connectivity index (χ1v) is 4.76. The van der Waals surface area contributed by atoms with Crippen LogP contribution >= 0.6 is 0 Å². The van der Waals surface area contributed by atoms with Crippen LogP contribution in [0.4, 0.5) is 0 Å². The maximum Gasteiger partial charge on any atom is 0.311 e. The third-order valence-corrected chi connectivity index (χ3v) is 2.44. The summed E-state index contributed by atoms with van der Waals surface area (Å²) in [6.07, 6.45) is -0.405. The number of hydrogen-bond donors (Lipinski definition) is 1. The smallest absolute Gasteiger partial charge is 0.311 e. The zero-order chi connectivity index (χ0) is 10.7. The van der Waals surface area contributed by atoms with E-state index in [-0.39, 0.29) is 13.4 Å². The lowest BCUT2D eigenvalue weighted by Gasteiger charge is -2.29. The average molecular weight is 208 g/mol. The Morgan fingerprint density at radius 2 is 2.07 bits per heavy atom. The van der Waals surface area contributed by atoms with E-state index in [1.54, 1.807) is 0 Å². The Kier molecular flexibility index (Phi) is 2.99. The van der Waals surface area contributed by atoms with Gasteiger partial charge in [-0.15, -0.1) is 0 Å². The SMILES string of the molecule is O=C(O)[C@H]1COCO[C@H]1c1ccccc1. The molecule has 1 saturated heterocycles. The Morgan fingerprint density at radius 3 is 2.73 bits per heavy atom. The van der Waals surface area contributed by atoms with E-state index in [4.69, 9.17) is 14.6 Å². The quantitative estimate of drug-likeness (QED) is 0.798. The third-order valence-electron chi connectivity index (χ3n) is 2.44. The topological polar surface area (TPSA) is 55.8 Å². The van der Waals surface area contributed by atoms with Gasteiger partial charge in [0.15, 0.2) is 0 Å². The highest BCUT2D eigenvalue weighted by molar-refractivity contribution is 5.71. The summed E-state index contributed by atoms with van der Waals surface area (Å²) in [5, 5.41) is 9.01. The molecular weight excluding hydrogens is 196 g/mol. The normalized spacial score (nSPS) is 26.1. The van der Waals surface area contributed by atoms with Gasteiger partial charge in [0, 0.05) is 0 Å². The second-order valence-corrected chi connectivity index (χ2v) is 3.43. The van der Waals surface area contributed by atoms with E-state index in [1.807, 2.05) is 30.3 Å². The summed E-state index contributed by atoms with van der Waals surface area (Å²) < 4.78 is 10.3. The minimum absolute atomic E-state index is 0.156. The van der Waals surface area contributed by atoms with Crippen molar-refractivity contribution in [1.82, 2.24) is 0 Å². The summed E-state index contributed by atoms with van der Waals surface area (Å²) in [5.74, 6) is -1.51. The average Bonchev–Trinajstić information content (AvgIpc) is 2.30. The van der Waals surface area contributed by atoms with Crippen LogP contribution in [0.3, 0.4) is 0 Å². The highest BCUT2D eigenvalue weighted by Gasteiger charge is 2.33. The summed E-state index contributed by atoms with van der Waals surface area (Å²) >= 11 is 0. The van der Waals surface area contributed by atoms with Crippen molar-refractivity contribution in [2.24, 2.45) is 5.92 Å². The van der Waals surface area contributed by atoms with Crippen LogP contribution in [0.1, 0.15) is 11.7 Å². The van der Waals surface area contributed by atoms with Crippen LogP contribution in [0, 0.1) is 5.92 Å². The molecule has 4 heteroatoms. The van der Waals surface area contributed by atoms with Gasteiger partial charge in [0.05, 0.1) is 6.61 Å². The standard InChI is InChI=1S/C11H12O4/c12-11(13)9-6-14-7-15-10(9)8-4-2-1-3-5-8/h1-5,9-10H,6-7H2,(H,12,13)/t9-,10-/m0/s1. The molecule has 1 heterocycles. The second-order valence-electron chi connectivity index (χ2n) is 3.43. The van der Waals surface area contributed by atoms with Crippen molar-refractivity contribution in [2.45, 2.75) is 6.10 Å². The van der Waals surface area contributed by atoms with Crippen molar-refractivity contribution >= 4 is 5.97 Å². The zero-order valence-corrected chi connectivity index (χ0v) is 8.13. The fourth-order valence-corrected chi connectivity index (χ4v) is 1.67. The molecule has 1 aromatic rings. The highest BCUT2D eigenvalue weighted by atomic mass is 16.7. The Bertz CT molecular complexity index is 336. The van der Waals surface area contributed by atoms with Crippen molar-refractivity contribution in [2.75, 3.05) is 13.4 Å². The zero-order valence-electron chi connectivity index (χ0n) is 8.13. The van der Waals surface area contributed by atoms with E-state index in [9.17, 15) is 4.79 Å². The lowest BCUT2D eigenvalue weighted by molar-refractivity contribution is -0.190. The molecule has 15 heavy (non-hydrogen) atoms. The highest BCUT2D eigenvalue weighted by Crippen LogP contribution is 2.29. The predicted octanol–water partition coefficient (Wildman–Crippen LogP) is 1.43. The molecule has 2 rings (SSSR count). The number of carboxylic acids is 1. The van der Waals surface area contributed by atoms with Crippen LogP contribution in [-0.2, 0) is 14.3 Å². The number of carbonyl (C=O) groups is 1. The summed E-state index contributed by atoms with van der Waals surface area (Å²) in [6.45, 7) is 0.359. The lowest BCUT2D eigenvalue weighted by Crippen LogP contribution is -2.33. The van der Waals surface area contributed by atoms with Gasteiger partial charge in [0.25, 0.3) is 0 Å². The summed E-state index contributed by atoms with van der Waals surface area (Å²) in [5.41, 5.74) is 0.883. The Labute approximate surface area is 87.4 Å². The molecule has 1 N–H and O–H groups in total. The fourth-order valence-electron chi connectivity index (χ4n) is 1.67. The number of rotatable bonds is 2. The maximum absolute atomic E-state index is 11.0. The molecule has 0 spiro atoms. The van der Waals surface area contributed by atoms with Gasteiger partial charge in [-0.05, 0) is 5.56 Å². The van der Waals surface area contributed by atoms with Crippen molar-refractivity contribution < 1.29 is 19.4 Å². The van der Waals surface area contributed by atoms with Gasteiger partial charge in [-0.1, -0.05) is 30.3 Å². The molecule has 0 aliphatic carbocycles. The largest absolute Gasteiger partial charge is 0.481 e. The third kappa shape index (κ3) is 2.16. The maximum atomic E-state index is 11.0. The Hall–Kier alpha value is -1.39. The Balaban J connectivity index is 2.22. The molecule has 0 amide bonds. The summed E-state index contributed by atoms with van der Waals surface area (Å²) in [4.78, 5) is 11.0. The van der Waals surface area contributed by atoms with Crippen LogP contribution in [0.25, 0.3) is 0 Å². The molecule has 0 aromatic heterocycles.